The third-order valence-corrected chi connectivity index (χ3v) is 2.31. The zero-order valence-electron chi connectivity index (χ0n) is 7.77. The Labute approximate surface area is 82.5 Å². The lowest BCUT2D eigenvalue weighted by Gasteiger charge is -2.07. The fourth-order valence-corrected chi connectivity index (χ4v) is 1.60. The Balaban J connectivity index is 2.59. The molecule has 2 rings (SSSR count). The molecule has 0 saturated carbocycles. The minimum absolute atomic E-state index is 0.179. The van der Waals surface area contributed by atoms with Crippen LogP contribution in [0.25, 0.3) is 0 Å². The molecule has 0 aliphatic carbocycles. The van der Waals surface area contributed by atoms with Crippen LogP contribution in [0.1, 0.15) is 30.0 Å². The van der Waals surface area contributed by atoms with Gasteiger partial charge in [-0.15, -0.1) is 0 Å². The quantitative estimate of drug-likeness (QED) is 0.683. The van der Waals surface area contributed by atoms with Crippen LogP contribution < -0.4 is 10.9 Å². The van der Waals surface area contributed by atoms with Crippen LogP contribution in [-0.4, -0.2) is 9.97 Å². The van der Waals surface area contributed by atoms with Crippen LogP contribution in [0.15, 0.2) is 4.79 Å². The molecule has 0 amide bonds. The van der Waals surface area contributed by atoms with Gasteiger partial charge in [0, 0.05) is 12.6 Å². The number of hydrogen-bond acceptors (Lipinski definition) is 3. The van der Waals surface area contributed by atoms with Gasteiger partial charge in [0.1, 0.15) is 0 Å². The van der Waals surface area contributed by atoms with Crippen molar-refractivity contribution in [3.05, 3.63) is 27.4 Å². The molecule has 82 valence electrons. The van der Waals surface area contributed by atoms with Crippen molar-refractivity contribution >= 4 is 0 Å². The van der Waals surface area contributed by atoms with E-state index in [0.29, 0.717) is 5.56 Å². The first-order valence-corrected chi connectivity index (χ1v) is 4.33. The lowest BCUT2D eigenvalue weighted by Crippen LogP contribution is -2.23. The molecule has 1 aliphatic heterocycles. The second-order valence-electron chi connectivity index (χ2n) is 3.38. The van der Waals surface area contributed by atoms with Crippen LogP contribution in [-0.2, 0) is 12.7 Å². The van der Waals surface area contributed by atoms with Crippen molar-refractivity contribution in [3.63, 3.8) is 0 Å². The number of nitrogens with zero attached hydrogens (tertiary/aromatic N) is 1. The van der Waals surface area contributed by atoms with Crippen molar-refractivity contribution in [1.82, 2.24) is 15.3 Å². The molecule has 0 bridgehead atoms. The molecule has 4 nitrogen and oxygen atoms in total. The van der Waals surface area contributed by atoms with E-state index in [0.717, 1.165) is 0 Å². The van der Waals surface area contributed by atoms with Crippen molar-refractivity contribution in [2.24, 2.45) is 0 Å². The smallest absolute Gasteiger partial charge is 0.304 e. The number of rotatable bonds is 0. The molecule has 1 aliphatic rings. The Morgan fingerprint density at radius 3 is 2.73 bits per heavy atom. The van der Waals surface area contributed by atoms with Gasteiger partial charge in [-0.25, -0.2) is 4.98 Å². The average molecular weight is 219 g/mol. The summed E-state index contributed by atoms with van der Waals surface area (Å²) in [5, 5.41) is 2.85. The molecule has 2 N–H and O–H groups in total. The van der Waals surface area contributed by atoms with Crippen molar-refractivity contribution in [1.29, 1.82) is 0 Å². The van der Waals surface area contributed by atoms with E-state index in [1.807, 2.05) is 0 Å². The largest absolute Gasteiger partial charge is 0.449 e. The number of hydrogen-bond donors (Lipinski definition) is 2. The maximum absolute atomic E-state index is 12.3. The van der Waals surface area contributed by atoms with E-state index in [1.54, 1.807) is 11.9 Å². The number of nitrogens with one attached hydrogen (secondary N) is 2. The minimum Gasteiger partial charge on any atom is -0.304 e. The summed E-state index contributed by atoms with van der Waals surface area (Å²) in [5.41, 5.74) is -0.244. The average Bonchev–Trinajstić information content (AvgIpc) is 2.46. The number of H-pyrrole nitrogens is 1. The van der Waals surface area contributed by atoms with Crippen LogP contribution in [0.2, 0.25) is 0 Å². The Bertz CT molecular complexity index is 451. The highest BCUT2D eigenvalue weighted by Crippen LogP contribution is 2.27. The zero-order chi connectivity index (χ0) is 11.2. The number of aromatic nitrogens is 2. The number of alkyl halides is 3. The summed E-state index contributed by atoms with van der Waals surface area (Å²) >= 11 is 0. The van der Waals surface area contributed by atoms with Crippen LogP contribution >= 0.6 is 0 Å². The van der Waals surface area contributed by atoms with Gasteiger partial charge in [0.25, 0.3) is 5.56 Å². The minimum atomic E-state index is -4.61. The summed E-state index contributed by atoms with van der Waals surface area (Å²) in [6.07, 6.45) is -4.61. The first-order chi connectivity index (χ1) is 6.89. The van der Waals surface area contributed by atoms with Gasteiger partial charge in [-0.05, 0) is 6.92 Å². The van der Waals surface area contributed by atoms with Crippen LogP contribution in [0.3, 0.4) is 0 Å². The summed E-state index contributed by atoms with van der Waals surface area (Å²) < 4.78 is 36.8. The van der Waals surface area contributed by atoms with Gasteiger partial charge >= 0.3 is 6.18 Å². The molecule has 1 atom stereocenters. The van der Waals surface area contributed by atoms with E-state index in [-0.39, 0.29) is 18.3 Å². The molecule has 0 aromatic carbocycles. The predicted octanol–water partition coefficient (Wildman–Crippen LogP) is 0.953. The molecular formula is C8H8F3N3O. The van der Waals surface area contributed by atoms with Crippen LogP contribution in [0.5, 0.6) is 0 Å². The molecule has 7 heteroatoms. The Kier molecular flexibility index (Phi) is 2.07. The molecular weight excluding hydrogens is 211 g/mol. The summed E-state index contributed by atoms with van der Waals surface area (Å²) in [6, 6.07) is -0.251. The molecule has 0 radical (unpaired) electrons. The van der Waals surface area contributed by atoms with Gasteiger partial charge in [0.2, 0.25) is 5.82 Å². The predicted molar refractivity (Wildman–Crippen MR) is 45.1 cm³/mol. The van der Waals surface area contributed by atoms with Crippen molar-refractivity contribution in [2.45, 2.75) is 25.7 Å². The lowest BCUT2D eigenvalue weighted by atomic mass is 10.2. The first-order valence-electron chi connectivity index (χ1n) is 4.33. The van der Waals surface area contributed by atoms with Gasteiger partial charge in [0.15, 0.2) is 0 Å². The van der Waals surface area contributed by atoms with Crippen molar-refractivity contribution < 1.29 is 13.2 Å². The summed E-state index contributed by atoms with van der Waals surface area (Å²) in [7, 11) is 0. The monoisotopic (exact) mass is 219 g/mol. The maximum atomic E-state index is 12.3. The molecule has 1 unspecified atom stereocenters. The maximum Gasteiger partial charge on any atom is 0.449 e. The number of fused-ring (bicyclic) bond motifs is 1. The lowest BCUT2D eigenvalue weighted by molar-refractivity contribution is -0.145. The topological polar surface area (TPSA) is 57.8 Å². The van der Waals surface area contributed by atoms with E-state index < -0.39 is 17.6 Å². The molecule has 2 heterocycles. The SMILES string of the molecule is CC1NCc2nc(C(F)(F)F)[nH]c(=O)c21. The summed E-state index contributed by atoms with van der Waals surface area (Å²) in [5.74, 6) is -1.23. The number of aromatic amines is 1. The van der Waals surface area contributed by atoms with E-state index in [2.05, 4.69) is 10.3 Å². The molecule has 0 saturated heterocycles. The summed E-state index contributed by atoms with van der Waals surface area (Å²) in [4.78, 5) is 16.5. The van der Waals surface area contributed by atoms with Crippen molar-refractivity contribution in [2.75, 3.05) is 0 Å². The zero-order valence-corrected chi connectivity index (χ0v) is 7.77. The van der Waals surface area contributed by atoms with Gasteiger partial charge in [-0.1, -0.05) is 0 Å². The fraction of sp³-hybridized carbons (Fsp3) is 0.500. The normalized spacial score (nSPS) is 20.4. The van der Waals surface area contributed by atoms with Gasteiger partial charge < -0.3 is 10.3 Å². The highest BCUT2D eigenvalue weighted by molar-refractivity contribution is 5.26. The van der Waals surface area contributed by atoms with Crippen LogP contribution in [0, 0.1) is 0 Å². The summed E-state index contributed by atoms with van der Waals surface area (Å²) in [6.45, 7) is 1.90. The second kappa shape index (κ2) is 3.06. The molecule has 1 aromatic rings. The third kappa shape index (κ3) is 1.63. The van der Waals surface area contributed by atoms with Gasteiger partial charge in [-0.2, -0.15) is 13.2 Å². The highest BCUT2D eigenvalue weighted by atomic mass is 19.4. The fourth-order valence-electron chi connectivity index (χ4n) is 1.60. The van der Waals surface area contributed by atoms with Crippen molar-refractivity contribution in [3.8, 4) is 0 Å². The van der Waals surface area contributed by atoms with Crippen LogP contribution in [0.4, 0.5) is 13.2 Å². The van der Waals surface area contributed by atoms with E-state index in [9.17, 15) is 18.0 Å². The van der Waals surface area contributed by atoms with Gasteiger partial charge in [0.05, 0.1) is 11.3 Å². The number of halogens is 3. The van der Waals surface area contributed by atoms with E-state index >= 15 is 0 Å². The molecule has 0 fully saturated rings. The Hall–Kier alpha value is -1.37. The third-order valence-electron chi connectivity index (χ3n) is 2.31. The second-order valence-corrected chi connectivity index (χ2v) is 3.38. The Morgan fingerprint density at radius 2 is 2.13 bits per heavy atom. The Morgan fingerprint density at radius 1 is 1.47 bits per heavy atom. The van der Waals surface area contributed by atoms with E-state index in [1.165, 1.54) is 0 Å². The molecule has 1 aromatic heterocycles. The highest BCUT2D eigenvalue weighted by Gasteiger charge is 2.36. The van der Waals surface area contributed by atoms with E-state index in [4.69, 9.17) is 0 Å². The molecule has 15 heavy (non-hydrogen) atoms. The standard InChI is InChI=1S/C8H8F3N3O/c1-3-5-4(2-12-3)13-7(8(9,10)11)14-6(5)15/h3,12H,2H2,1H3,(H,13,14,15). The van der Waals surface area contributed by atoms with Gasteiger partial charge in [-0.3, -0.25) is 4.79 Å². The molecule has 0 spiro atoms. The first kappa shape index (κ1) is 10.2.